The zero-order valence-corrected chi connectivity index (χ0v) is 8.01. The zero-order chi connectivity index (χ0) is 10.4. The lowest BCUT2D eigenvalue weighted by Crippen LogP contribution is -2.18. The molecule has 0 spiro atoms. The van der Waals surface area contributed by atoms with Gasteiger partial charge < -0.3 is 10.5 Å². The Hall–Kier alpha value is -1.49. The second-order valence-corrected chi connectivity index (χ2v) is 2.84. The van der Waals surface area contributed by atoms with Crippen LogP contribution in [0.15, 0.2) is 18.6 Å². The average Bonchev–Trinajstić information content (AvgIpc) is 2.26. The highest BCUT2D eigenvalue weighted by molar-refractivity contribution is 5.70. The lowest BCUT2D eigenvalue weighted by molar-refractivity contribution is -0.141. The summed E-state index contributed by atoms with van der Waals surface area (Å²) >= 11 is 0. The first-order valence-corrected chi connectivity index (χ1v) is 4.30. The molecular weight excluding hydrogens is 182 g/mol. The summed E-state index contributed by atoms with van der Waals surface area (Å²) in [6.07, 6.45) is 5.01. The molecule has 1 atom stereocenters. The van der Waals surface area contributed by atoms with E-state index in [2.05, 4.69) is 14.7 Å². The van der Waals surface area contributed by atoms with Crippen LogP contribution in [0, 0.1) is 0 Å². The summed E-state index contributed by atoms with van der Waals surface area (Å²) in [6, 6.07) is 0. The van der Waals surface area contributed by atoms with E-state index in [1.165, 1.54) is 7.11 Å². The molecule has 0 saturated carbocycles. The summed E-state index contributed by atoms with van der Waals surface area (Å²) in [7, 11) is 1.35. The Labute approximate surface area is 82.3 Å². The molecule has 1 unspecified atom stereocenters. The van der Waals surface area contributed by atoms with Gasteiger partial charge in [0, 0.05) is 31.1 Å². The minimum absolute atomic E-state index is 0.115. The van der Waals surface area contributed by atoms with Gasteiger partial charge in [-0.2, -0.15) is 0 Å². The van der Waals surface area contributed by atoms with Gasteiger partial charge in [0.05, 0.1) is 19.2 Å². The van der Waals surface area contributed by atoms with Crippen LogP contribution >= 0.6 is 0 Å². The number of esters is 1. The Morgan fingerprint density at radius 2 is 2.43 bits per heavy atom. The van der Waals surface area contributed by atoms with Gasteiger partial charge in [0.2, 0.25) is 0 Å². The van der Waals surface area contributed by atoms with E-state index < -0.39 is 0 Å². The van der Waals surface area contributed by atoms with Crippen molar-refractivity contribution in [1.82, 2.24) is 9.97 Å². The Bertz CT molecular complexity index is 289. The third kappa shape index (κ3) is 2.77. The highest BCUT2D eigenvalue weighted by Gasteiger charge is 2.15. The molecule has 5 nitrogen and oxygen atoms in total. The van der Waals surface area contributed by atoms with Crippen molar-refractivity contribution in [3.05, 3.63) is 24.3 Å². The van der Waals surface area contributed by atoms with Gasteiger partial charge in [-0.15, -0.1) is 0 Å². The Balaban J connectivity index is 2.68. The third-order valence-corrected chi connectivity index (χ3v) is 1.93. The first-order chi connectivity index (χ1) is 6.77. The molecule has 0 aliphatic heterocycles. The number of carbonyl (C=O) groups is 1. The summed E-state index contributed by atoms with van der Waals surface area (Å²) < 4.78 is 4.56. The smallest absolute Gasteiger partial charge is 0.306 e. The van der Waals surface area contributed by atoms with Crippen molar-refractivity contribution in [2.45, 2.75) is 12.3 Å². The third-order valence-electron chi connectivity index (χ3n) is 1.93. The molecule has 1 heterocycles. The quantitative estimate of drug-likeness (QED) is 0.688. The zero-order valence-electron chi connectivity index (χ0n) is 8.01. The molecule has 0 fully saturated rings. The predicted octanol–water partition coefficient (Wildman–Crippen LogP) is 0.0820. The standard InChI is InChI=1S/C9H13N3O2/c1-14-9(13)4-7(5-10)8-6-11-2-3-12-8/h2-3,6-7H,4-5,10H2,1H3. The highest BCUT2D eigenvalue weighted by atomic mass is 16.5. The van der Waals surface area contributed by atoms with Crippen molar-refractivity contribution in [2.75, 3.05) is 13.7 Å². The number of aromatic nitrogens is 2. The fourth-order valence-electron chi connectivity index (χ4n) is 1.11. The van der Waals surface area contributed by atoms with Crippen molar-refractivity contribution in [3.63, 3.8) is 0 Å². The average molecular weight is 195 g/mol. The summed E-state index contributed by atoms with van der Waals surface area (Å²) in [5.41, 5.74) is 6.25. The molecule has 1 aromatic rings. The van der Waals surface area contributed by atoms with Crippen LogP contribution in [0.25, 0.3) is 0 Å². The molecule has 0 amide bonds. The van der Waals surface area contributed by atoms with E-state index in [0.29, 0.717) is 6.54 Å². The fraction of sp³-hybridized carbons (Fsp3) is 0.444. The van der Waals surface area contributed by atoms with Crippen molar-refractivity contribution in [1.29, 1.82) is 0 Å². The van der Waals surface area contributed by atoms with Crippen molar-refractivity contribution < 1.29 is 9.53 Å². The first-order valence-electron chi connectivity index (χ1n) is 4.30. The van der Waals surface area contributed by atoms with Gasteiger partial charge in [0.15, 0.2) is 0 Å². The molecule has 0 radical (unpaired) electrons. The van der Waals surface area contributed by atoms with Crippen molar-refractivity contribution in [3.8, 4) is 0 Å². The molecule has 0 aromatic carbocycles. The number of ether oxygens (including phenoxy) is 1. The van der Waals surface area contributed by atoms with Crippen LogP contribution in [0.2, 0.25) is 0 Å². The van der Waals surface area contributed by atoms with Crippen molar-refractivity contribution in [2.24, 2.45) is 5.73 Å². The molecule has 0 saturated heterocycles. The molecule has 5 heteroatoms. The largest absolute Gasteiger partial charge is 0.469 e. The Kier molecular flexibility index (Phi) is 4.00. The van der Waals surface area contributed by atoms with Crippen LogP contribution in [-0.4, -0.2) is 29.6 Å². The molecule has 14 heavy (non-hydrogen) atoms. The van der Waals surface area contributed by atoms with E-state index in [9.17, 15) is 4.79 Å². The van der Waals surface area contributed by atoms with E-state index in [1.807, 2.05) is 0 Å². The molecule has 76 valence electrons. The van der Waals surface area contributed by atoms with E-state index in [1.54, 1.807) is 18.6 Å². The highest BCUT2D eigenvalue weighted by Crippen LogP contribution is 2.14. The first kappa shape index (κ1) is 10.6. The monoisotopic (exact) mass is 195 g/mol. The fourth-order valence-corrected chi connectivity index (χ4v) is 1.11. The van der Waals surface area contributed by atoms with E-state index in [4.69, 9.17) is 5.73 Å². The summed E-state index contributed by atoms with van der Waals surface area (Å²) in [4.78, 5) is 19.0. The van der Waals surface area contributed by atoms with E-state index >= 15 is 0 Å². The van der Waals surface area contributed by atoms with Gasteiger partial charge in [0.1, 0.15) is 0 Å². The van der Waals surface area contributed by atoms with Gasteiger partial charge in [-0.1, -0.05) is 0 Å². The van der Waals surface area contributed by atoms with Crippen molar-refractivity contribution >= 4 is 5.97 Å². The number of methoxy groups -OCH3 is 1. The maximum atomic E-state index is 11.0. The number of nitrogens with two attached hydrogens (primary N) is 1. The predicted molar refractivity (Wildman–Crippen MR) is 50.5 cm³/mol. The van der Waals surface area contributed by atoms with Gasteiger partial charge in [0.25, 0.3) is 0 Å². The van der Waals surface area contributed by atoms with Gasteiger partial charge in [-0.05, 0) is 0 Å². The molecule has 2 N–H and O–H groups in total. The minimum Gasteiger partial charge on any atom is -0.469 e. The summed E-state index contributed by atoms with van der Waals surface area (Å²) in [6.45, 7) is 0.355. The maximum absolute atomic E-state index is 11.0. The van der Waals surface area contributed by atoms with Crippen LogP contribution in [0.4, 0.5) is 0 Å². The number of nitrogens with zero attached hydrogens (tertiary/aromatic N) is 2. The number of hydrogen-bond acceptors (Lipinski definition) is 5. The second-order valence-electron chi connectivity index (χ2n) is 2.84. The Morgan fingerprint density at radius 3 is 2.93 bits per heavy atom. The molecule has 0 aliphatic carbocycles. The SMILES string of the molecule is COC(=O)CC(CN)c1cnccn1. The van der Waals surface area contributed by atoms with Crippen LogP contribution in [0.3, 0.4) is 0 Å². The van der Waals surface area contributed by atoms with Gasteiger partial charge in [-0.3, -0.25) is 14.8 Å². The molecule has 1 rings (SSSR count). The van der Waals surface area contributed by atoms with Crippen LogP contribution in [0.1, 0.15) is 18.0 Å². The van der Waals surface area contributed by atoms with Crippen LogP contribution in [0.5, 0.6) is 0 Å². The van der Waals surface area contributed by atoms with E-state index in [-0.39, 0.29) is 18.3 Å². The number of carbonyl (C=O) groups excluding carboxylic acids is 1. The molecule has 0 aliphatic rings. The molecule has 1 aromatic heterocycles. The lowest BCUT2D eigenvalue weighted by atomic mass is 10.0. The van der Waals surface area contributed by atoms with Gasteiger partial charge >= 0.3 is 5.97 Å². The second kappa shape index (κ2) is 5.29. The Morgan fingerprint density at radius 1 is 1.64 bits per heavy atom. The molecular formula is C9H13N3O2. The number of hydrogen-bond donors (Lipinski definition) is 1. The summed E-state index contributed by atoms with van der Waals surface area (Å²) in [5.74, 6) is -0.401. The minimum atomic E-state index is -0.286. The van der Waals surface area contributed by atoms with Crippen LogP contribution < -0.4 is 5.73 Å². The number of rotatable bonds is 4. The van der Waals surface area contributed by atoms with Crippen LogP contribution in [-0.2, 0) is 9.53 Å². The summed E-state index contributed by atoms with van der Waals surface area (Å²) in [5, 5.41) is 0. The maximum Gasteiger partial charge on any atom is 0.306 e. The van der Waals surface area contributed by atoms with E-state index in [0.717, 1.165) is 5.69 Å². The normalized spacial score (nSPS) is 12.1. The molecule has 0 bridgehead atoms. The topological polar surface area (TPSA) is 78.1 Å². The lowest BCUT2D eigenvalue weighted by Gasteiger charge is -2.11. The van der Waals surface area contributed by atoms with Gasteiger partial charge in [-0.25, -0.2) is 0 Å².